The topological polar surface area (TPSA) is 43.9 Å². The van der Waals surface area contributed by atoms with E-state index in [1.165, 1.54) is 23.0 Å². The number of carbonyl (C=O) groups is 2. The molecule has 2 aliphatic rings. The Morgan fingerprint density at radius 1 is 0.971 bits per heavy atom. The van der Waals surface area contributed by atoms with E-state index in [4.69, 9.17) is 12.2 Å². The first-order valence-electron chi connectivity index (χ1n) is 11.9. The van der Waals surface area contributed by atoms with Gasteiger partial charge >= 0.3 is 0 Å². The first kappa shape index (κ1) is 24.5. The molecule has 4 rings (SSSR count). The average Bonchev–Trinajstić information content (AvgIpc) is 3.13. The molecule has 2 saturated heterocycles. The molecule has 2 aromatic rings. The van der Waals surface area contributed by atoms with Crippen LogP contribution in [0.4, 0.5) is 5.69 Å². The molecule has 2 heterocycles. The highest BCUT2D eigenvalue weighted by Crippen LogP contribution is 2.32. The van der Waals surface area contributed by atoms with Gasteiger partial charge in [0, 0.05) is 44.8 Å². The van der Waals surface area contributed by atoms with E-state index in [0.717, 1.165) is 51.0 Å². The molecule has 2 aromatic carbocycles. The van der Waals surface area contributed by atoms with E-state index in [-0.39, 0.29) is 11.8 Å². The molecule has 0 saturated carbocycles. The number of thioether (sulfide) groups is 1. The predicted octanol–water partition coefficient (Wildman–Crippen LogP) is 5.11. The molecule has 0 aromatic heterocycles. The van der Waals surface area contributed by atoms with Crippen LogP contribution < -0.4 is 4.90 Å². The molecule has 5 nitrogen and oxygen atoms in total. The SMILES string of the molecule is Cc1ccc(/C=C2\SC(=S)N(CCCCCC(=O)N3CCN(c4ccccc4)CC3)C2=O)cc1. The van der Waals surface area contributed by atoms with Crippen molar-refractivity contribution in [2.24, 2.45) is 0 Å². The summed E-state index contributed by atoms with van der Waals surface area (Å²) in [5.74, 6) is 0.224. The van der Waals surface area contributed by atoms with Crippen LogP contribution in [0.15, 0.2) is 59.5 Å². The summed E-state index contributed by atoms with van der Waals surface area (Å²) >= 11 is 6.81. The molecule has 0 spiro atoms. The van der Waals surface area contributed by atoms with Crippen LogP contribution in [0.5, 0.6) is 0 Å². The summed E-state index contributed by atoms with van der Waals surface area (Å²) in [6, 6.07) is 18.5. The molecule has 178 valence electrons. The number of unbranched alkanes of at least 4 members (excludes halogenated alkanes) is 2. The molecule has 2 aliphatic heterocycles. The molecule has 0 unspecified atom stereocenters. The van der Waals surface area contributed by atoms with Gasteiger partial charge in [0.25, 0.3) is 5.91 Å². The summed E-state index contributed by atoms with van der Waals surface area (Å²) in [5, 5.41) is 0. The number of hydrogen-bond acceptors (Lipinski definition) is 5. The van der Waals surface area contributed by atoms with Gasteiger partial charge in [0.05, 0.1) is 4.91 Å². The summed E-state index contributed by atoms with van der Waals surface area (Å²) in [7, 11) is 0. The zero-order valence-electron chi connectivity index (χ0n) is 19.6. The van der Waals surface area contributed by atoms with Gasteiger partial charge in [0.2, 0.25) is 5.91 Å². The minimum Gasteiger partial charge on any atom is -0.368 e. The largest absolute Gasteiger partial charge is 0.368 e. The number of amides is 2. The quantitative estimate of drug-likeness (QED) is 0.291. The highest BCUT2D eigenvalue weighted by atomic mass is 32.2. The van der Waals surface area contributed by atoms with Gasteiger partial charge in [0.1, 0.15) is 4.32 Å². The lowest BCUT2D eigenvalue weighted by Gasteiger charge is -2.36. The molecule has 0 bridgehead atoms. The van der Waals surface area contributed by atoms with Crippen LogP contribution in [0.3, 0.4) is 0 Å². The average molecular weight is 494 g/mol. The van der Waals surface area contributed by atoms with Crippen molar-refractivity contribution in [3.8, 4) is 0 Å². The lowest BCUT2D eigenvalue weighted by Crippen LogP contribution is -2.48. The van der Waals surface area contributed by atoms with Crippen molar-refractivity contribution in [1.29, 1.82) is 0 Å². The molecule has 0 aliphatic carbocycles. The maximum absolute atomic E-state index is 12.8. The Kier molecular flexibility index (Phi) is 8.40. The van der Waals surface area contributed by atoms with Crippen LogP contribution in [0.25, 0.3) is 6.08 Å². The highest BCUT2D eigenvalue weighted by Gasteiger charge is 2.31. The number of thiocarbonyl (C=S) groups is 1. The van der Waals surface area contributed by atoms with E-state index in [2.05, 4.69) is 29.2 Å². The Hall–Kier alpha value is -2.64. The maximum atomic E-state index is 12.8. The van der Waals surface area contributed by atoms with Crippen molar-refractivity contribution in [2.45, 2.75) is 32.6 Å². The van der Waals surface area contributed by atoms with Gasteiger partial charge in [-0.05, 0) is 43.5 Å². The lowest BCUT2D eigenvalue weighted by atomic mass is 10.1. The van der Waals surface area contributed by atoms with Gasteiger partial charge in [-0.3, -0.25) is 14.5 Å². The normalized spacial score (nSPS) is 17.7. The van der Waals surface area contributed by atoms with E-state index < -0.39 is 0 Å². The standard InChI is InChI=1S/C27H31N3O2S2/c1-21-11-13-22(14-12-21)20-24-26(32)30(27(33)34-24)15-7-3-6-10-25(31)29-18-16-28(17-19-29)23-8-4-2-5-9-23/h2,4-5,8-9,11-14,20H,3,6-7,10,15-19H2,1H3/b24-20-. The Morgan fingerprint density at radius 3 is 2.38 bits per heavy atom. The van der Waals surface area contributed by atoms with E-state index >= 15 is 0 Å². The summed E-state index contributed by atoms with van der Waals surface area (Å²) in [5.41, 5.74) is 3.42. The summed E-state index contributed by atoms with van der Waals surface area (Å²) in [4.78, 5) is 32.1. The second kappa shape index (κ2) is 11.7. The van der Waals surface area contributed by atoms with E-state index in [9.17, 15) is 9.59 Å². The number of nitrogens with zero attached hydrogens (tertiary/aromatic N) is 3. The Labute approximate surface area is 211 Å². The zero-order chi connectivity index (χ0) is 23.9. The monoisotopic (exact) mass is 493 g/mol. The number of anilines is 1. The molecular weight excluding hydrogens is 462 g/mol. The number of rotatable bonds is 8. The fourth-order valence-electron chi connectivity index (χ4n) is 4.24. The number of aryl methyl sites for hydroxylation is 1. The van der Waals surface area contributed by atoms with Crippen LogP contribution in [-0.4, -0.2) is 58.7 Å². The third kappa shape index (κ3) is 6.27. The van der Waals surface area contributed by atoms with E-state index in [1.54, 1.807) is 4.90 Å². The Morgan fingerprint density at radius 2 is 1.68 bits per heavy atom. The van der Waals surface area contributed by atoms with Crippen molar-refractivity contribution in [1.82, 2.24) is 9.80 Å². The first-order chi connectivity index (χ1) is 16.5. The molecular formula is C27H31N3O2S2. The predicted molar refractivity (Wildman–Crippen MR) is 145 cm³/mol. The molecule has 34 heavy (non-hydrogen) atoms. The minimum absolute atomic E-state index is 0.0112. The van der Waals surface area contributed by atoms with Crippen molar-refractivity contribution >= 4 is 51.9 Å². The van der Waals surface area contributed by atoms with Crippen LogP contribution in [-0.2, 0) is 9.59 Å². The second-order valence-corrected chi connectivity index (χ2v) is 10.4. The molecule has 7 heteroatoms. The molecule has 2 fully saturated rings. The zero-order valence-corrected chi connectivity index (χ0v) is 21.2. The van der Waals surface area contributed by atoms with Gasteiger partial charge in [-0.25, -0.2) is 0 Å². The van der Waals surface area contributed by atoms with Crippen LogP contribution in [0.2, 0.25) is 0 Å². The van der Waals surface area contributed by atoms with E-state index in [0.29, 0.717) is 22.2 Å². The van der Waals surface area contributed by atoms with Gasteiger partial charge in [-0.2, -0.15) is 0 Å². The third-order valence-corrected chi connectivity index (χ3v) is 7.65. The fourth-order valence-corrected chi connectivity index (χ4v) is 5.55. The van der Waals surface area contributed by atoms with Gasteiger partial charge in [0.15, 0.2) is 0 Å². The summed E-state index contributed by atoms with van der Waals surface area (Å²) < 4.78 is 0.621. The van der Waals surface area contributed by atoms with Crippen LogP contribution in [0, 0.1) is 6.92 Å². The summed E-state index contributed by atoms with van der Waals surface area (Å²) in [6.45, 7) is 5.96. The Bertz CT molecular complexity index is 1050. The molecule has 0 N–H and O–H groups in total. The van der Waals surface area contributed by atoms with Crippen molar-refractivity contribution in [2.75, 3.05) is 37.6 Å². The van der Waals surface area contributed by atoms with Crippen molar-refractivity contribution in [3.05, 3.63) is 70.6 Å². The van der Waals surface area contributed by atoms with E-state index in [1.807, 2.05) is 48.2 Å². The van der Waals surface area contributed by atoms with Crippen molar-refractivity contribution in [3.63, 3.8) is 0 Å². The minimum atomic E-state index is -0.0112. The smallest absolute Gasteiger partial charge is 0.266 e. The maximum Gasteiger partial charge on any atom is 0.266 e. The number of piperazine rings is 1. The molecule has 2 amide bonds. The summed E-state index contributed by atoms with van der Waals surface area (Å²) in [6.07, 6.45) is 5.07. The Balaban J connectivity index is 1.16. The number of hydrogen-bond donors (Lipinski definition) is 0. The van der Waals surface area contributed by atoms with Crippen LogP contribution >= 0.6 is 24.0 Å². The number of para-hydroxylation sites is 1. The lowest BCUT2D eigenvalue weighted by molar-refractivity contribution is -0.131. The van der Waals surface area contributed by atoms with Gasteiger partial charge in [-0.1, -0.05) is 78.4 Å². The van der Waals surface area contributed by atoms with Crippen molar-refractivity contribution < 1.29 is 9.59 Å². The number of benzene rings is 2. The third-order valence-electron chi connectivity index (χ3n) is 6.27. The van der Waals surface area contributed by atoms with Crippen LogP contribution in [0.1, 0.15) is 36.8 Å². The molecule has 0 radical (unpaired) electrons. The first-order valence-corrected chi connectivity index (χ1v) is 13.1. The number of carbonyl (C=O) groups excluding carboxylic acids is 2. The fraction of sp³-hybridized carbons (Fsp3) is 0.370. The van der Waals surface area contributed by atoms with Gasteiger partial charge in [-0.15, -0.1) is 0 Å². The highest BCUT2D eigenvalue weighted by molar-refractivity contribution is 8.26. The molecule has 0 atom stereocenters. The second-order valence-electron chi connectivity index (χ2n) is 8.76. The van der Waals surface area contributed by atoms with Gasteiger partial charge < -0.3 is 9.80 Å².